The van der Waals surface area contributed by atoms with Crippen LogP contribution in [0, 0.1) is 0 Å². The lowest BCUT2D eigenvalue weighted by Crippen LogP contribution is -2.34. The van der Waals surface area contributed by atoms with Gasteiger partial charge in [-0.05, 0) is 20.0 Å². The van der Waals surface area contributed by atoms with Crippen molar-refractivity contribution in [2.45, 2.75) is 39.2 Å². The van der Waals surface area contributed by atoms with Crippen LogP contribution in [0.3, 0.4) is 0 Å². The van der Waals surface area contributed by atoms with Crippen molar-refractivity contribution in [1.29, 1.82) is 0 Å². The van der Waals surface area contributed by atoms with Gasteiger partial charge in [0.15, 0.2) is 0 Å². The van der Waals surface area contributed by atoms with Gasteiger partial charge >= 0.3 is 0 Å². The summed E-state index contributed by atoms with van der Waals surface area (Å²) in [7, 11) is 2.12. The molecule has 2 nitrogen and oxygen atoms in total. The summed E-state index contributed by atoms with van der Waals surface area (Å²) in [4.78, 5) is 2.26. The van der Waals surface area contributed by atoms with Crippen LogP contribution in [0.5, 0.6) is 0 Å². The molecule has 1 atom stereocenters. The smallest absolute Gasteiger partial charge is 0.0167 e. The van der Waals surface area contributed by atoms with Gasteiger partial charge in [0, 0.05) is 12.6 Å². The van der Waals surface area contributed by atoms with Crippen LogP contribution in [0.25, 0.3) is 0 Å². The Morgan fingerprint density at radius 2 is 2.00 bits per heavy atom. The first-order chi connectivity index (χ1) is 5.20. The number of hydrogen-bond acceptors (Lipinski definition) is 2. The normalized spacial score (nSPS) is 13.9. The zero-order valence-corrected chi connectivity index (χ0v) is 8.14. The number of rotatable bonds is 6. The molecule has 1 unspecified atom stereocenters. The zero-order chi connectivity index (χ0) is 8.69. The summed E-state index contributed by atoms with van der Waals surface area (Å²) in [6.45, 7) is 6.50. The number of likely N-dealkylation sites (N-methyl/N-ethyl adjacent to an activating group) is 1. The van der Waals surface area contributed by atoms with Crippen molar-refractivity contribution in [3.8, 4) is 0 Å². The maximum absolute atomic E-state index is 5.89. The lowest BCUT2D eigenvalue weighted by Gasteiger charge is -2.18. The van der Waals surface area contributed by atoms with E-state index in [0.717, 1.165) is 13.1 Å². The van der Waals surface area contributed by atoms with Crippen molar-refractivity contribution in [2.24, 2.45) is 5.73 Å². The van der Waals surface area contributed by atoms with Crippen molar-refractivity contribution in [3.63, 3.8) is 0 Å². The highest BCUT2D eigenvalue weighted by atomic mass is 15.1. The van der Waals surface area contributed by atoms with E-state index in [4.69, 9.17) is 5.73 Å². The predicted octanol–water partition coefficient (Wildman–Crippen LogP) is 1.46. The standard InChI is InChI=1S/C9H22N2/c1-4-6-7-9(10)8-11(3)5-2/h9H,4-8,10H2,1-3H3. The molecule has 0 aliphatic carbocycles. The third-order valence-electron chi connectivity index (χ3n) is 2.01. The van der Waals surface area contributed by atoms with Crippen LogP contribution in [0.1, 0.15) is 33.1 Å². The molecule has 0 heterocycles. The molecule has 11 heavy (non-hydrogen) atoms. The average Bonchev–Trinajstić information content (AvgIpc) is 2.00. The van der Waals surface area contributed by atoms with Crippen molar-refractivity contribution in [3.05, 3.63) is 0 Å². The summed E-state index contributed by atoms with van der Waals surface area (Å²) in [6.07, 6.45) is 3.68. The minimum absolute atomic E-state index is 0.375. The number of unbranched alkanes of at least 4 members (excludes halogenated alkanes) is 1. The van der Waals surface area contributed by atoms with Gasteiger partial charge in [0.2, 0.25) is 0 Å². The van der Waals surface area contributed by atoms with E-state index < -0.39 is 0 Å². The van der Waals surface area contributed by atoms with Gasteiger partial charge in [-0.2, -0.15) is 0 Å². The molecule has 68 valence electrons. The Morgan fingerprint density at radius 1 is 1.36 bits per heavy atom. The molecule has 0 aliphatic rings. The first-order valence-electron chi connectivity index (χ1n) is 4.64. The van der Waals surface area contributed by atoms with Crippen molar-refractivity contribution in [1.82, 2.24) is 4.90 Å². The van der Waals surface area contributed by atoms with Crippen LogP contribution in [-0.2, 0) is 0 Å². The fourth-order valence-corrected chi connectivity index (χ4v) is 1.09. The largest absolute Gasteiger partial charge is 0.327 e. The van der Waals surface area contributed by atoms with Crippen LogP contribution in [0.15, 0.2) is 0 Å². The van der Waals surface area contributed by atoms with E-state index >= 15 is 0 Å². The summed E-state index contributed by atoms with van der Waals surface area (Å²) in [6, 6.07) is 0.375. The van der Waals surface area contributed by atoms with E-state index in [1.165, 1.54) is 19.3 Å². The zero-order valence-electron chi connectivity index (χ0n) is 8.14. The second-order valence-electron chi connectivity index (χ2n) is 3.26. The minimum atomic E-state index is 0.375. The Bertz CT molecular complexity index is 83.6. The molecule has 0 fully saturated rings. The van der Waals surface area contributed by atoms with Crippen molar-refractivity contribution in [2.75, 3.05) is 20.1 Å². The first kappa shape index (κ1) is 10.9. The molecule has 0 saturated heterocycles. The summed E-state index contributed by atoms with van der Waals surface area (Å²) < 4.78 is 0. The molecular formula is C9H22N2. The molecule has 0 aliphatic heterocycles. The van der Waals surface area contributed by atoms with Gasteiger partial charge in [0.1, 0.15) is 0 Å². The molecule has 2 heteroatoms. The van der Waals surface area contributed by atoms with Gasteiger partial charge in [-0.3, -0.25) is 0 Å². The lowest BCUT2D eigenvalue weighted by molar-refractivity contribution is 0.317. The van der Waals surface area contributed by atoms with Crippen LogP contribution in [0.2, 0.25) is 0 Å². The van der Waals surface area contributed by atoms with Crippen LogP contribution in [-0.4, -0.2) is 31.1 Å². The molecule has 0 radical (unpaired) electrons. The maximum Gasteiger partial charge on any atom is 0.0167 e. The van der Waals surface area contributed by atoms with E-state index in [1.54, 1.807) is 0 Å². The Balaban J connectivity index is 3.27. The van der Waals surface area contributed by atoms with Gasteiger partial charge in [-0.25, -0.2) is 0 Å². The van der Waals surface area contributed by atoms with Crippen LogP contribution in [0.4, 0.5) is 0 Å². The second kappa shape index (κ2) is 6.62. The molecule has 0 rings (SSSR count). The number of nitrogens with two attached hydrogens (primary N) is 1. The van der Waals surface area contributed by atoms with Gasteiger partial charge in [-0.15, -0.1) is 0 Å². The second-order valence-corrected chi connectivity index (χ2v) is 3.26. The Kier molecular flexibility index (Phi) is 6.57. The first-order valence-corrected chi connectivity index (χ1v) is 4.64. The fourth-order valence-electron chi connectivity index (χ4n) is 1.09. The summed E-state index contributed by atoms with van der Waals surface area (Å²) in [5, 5.41) is 0. The Hall–Kier alpha value is -0.0800. The number of nitrogens with zero attached hydrogens (tertiary/aromatic N) is 1. The van der Waals surface area contributed by atoms with Crippen molar-refractivity contribution >= 4 is 0 Å². The molecule has 0 aromatic heterocycles. The average molecular weight is 158 g/mol. The highest BCUT2D eigenvalue weighted by Gasteiger charge is 2.03. The molecule has 0 bridgehead atoms. The highest BCUT2D eigenvalue weighted by molar-refractivity contribution is 4.64. The van der Waals surface area contributed by atoms with E-state index in [2.05, 4.69) is 25.8 Å². The van der Waals surface area contributed by atoms with E-state index in [9.17, 15) is 0 Å². The molecule has 0 amide bonds. The lowest BCUT2D eigenvalue weighted by atomic mass is 10.1. The predicted molar refractivity (Wildman–Crippen MR) is 50.7 cm³/mol. The van der Waals surface area contributed by atoms with Gasteiger partial charge in [0.25, 0.3) is 0 Å². The molecule has 0 spiro atoms. The Labute approximate surface area is 70.8 Å². The topological polar surface area (TPSA) is 29.3 Å². The van der Waals surface area contributed by atoms with E-state index in [0.29, 0.717) is 6.04 Å². The quantitative estimate of drug-likeness (QED) is 0.634. The van der Waals surface area contributed by atoms with Crippen LogP contribution >= 0.6 is 0 Å². The van der Waals surface area contributed by atoms with Crippen molar-refractivity contribution < 1.29 is 0 Å². The monoisotopic (exact) mass is 158 g/mol. The molecular weight excluding hydrogens is 136 g/mol. The van der Waals surface area contributed by atoms with Crippen LogP contribution < -0.4 is 5.73 Å². The third-order valence-corrected chi connectivity index (χ3v) is 2.01. The number of hydrogen-bond donors (Lipinski definition) is 1. The fraction of sp³-hybridized carbons (Fsp3) is 1.00. The summed E-state index contributed by atoms with van der Waals surface area (Å²) in [5.41, 5.74) is 5.89. The summed E-state index contributed by atoms with van der Waals surface area (Å²) >= 11 is 0. The highest BCUT2D eigenvalue weighted by Crippen LogP contribution is 1.99. The van der Waals surface area contributed by atoms with Gasteiger partial charge in [-0.1, -0.05) is 26.7 Å². The van der Waals surface area contributed by atoms with E-state index in [-0.39, 0.29) is 0 Å². The SMILES string of the molecule is CCCCC(N)CN(C)CC. The summed E-state index contributed by atoms with van der Waals surface area (Å²) in [5.74, 6) is 0. The molecule has 0 aromatic rings. The van der Waals surface area contributed by atoms with Gasteiger partial charge in [0.05, 0.1) is 0 Å². The maximum atomic E-state index is 5.89. The molecule has 0 saturated carbocycles. The third kappa shape index (κ3) is 6.32. The molecule has 0 aromatic carbocycles. The van der Waals surface area contributed by atoms with Gasteiger partial charge < -0.3 is 10.6 Å². The Morgan fingerprint density at radius 3 is 2.45 bits per heavy atom. The minimum Gasteiger partial charge on any atom is -0.327 e. The van der Waals surface area contributed by atoms with E-state index in [1.807, 2.05) is 0 Å². The molecule has 2 N–H and O–H groups in total.